The Labute approximate surface area is 100 Å². The van der Waals surface area contributed by atoms with Crippen molar-refractivity contribution < 1.29 is 8.42 Å². The van der Waals surface area contributed by atoms with E-state index in [1.165, 1.54) is 5.41 Å². The Hall–Kier alpha value is -1.80. The zero-order valence-electron chi connectivity index (χ0n) is 9.34. The minimum Gasteiger partial charge on any atom is -0.377 e. The molecule has 0 amide bonds. The second kappa shape index (κ2) is 4.22. The number of sulfone groups is 1. The number of anilines is 1. The Bertz CT molecular complexity index is 612. The summed E-state index contributed by atoms with van der Waals surface area (Å²) in [5.74, 6) is 0.0474. The van der Waals surface area contributed by atoms with E-state index in [0.717, 1.165) is 5.56 Å². The number of nitriles is 1. The smallest absolute Gasteiger partial charge is 0.173 e. The fourth-order valence-electron chi connectivity index (χ4n) is 1.74. The van der Waals surface area contributed by atoms with Crippen LogP contribution in [0.1, 0.15) is 11.1 Å². The van der Waals surface area contributed by atoms with Crippen molar-refractivity contribution in [3.05, 3.63) is 40.8 Å². The van der Waals surface area contributed by atoms with E-state index in [0.29, 0.717) is 11.3 Å². The maximum absolute atomic E-state index is 11.2. The third-order valence-electron chi connectivity index (χ3n) is 2.57. The van der Waals surface area contributed by atoms with Crippen LogP contribution in [0.3, 0.4) is 0 Å². The summed E-state index contributed by atoms with van der Waals surface area (Å²) in [6.07, 6.45) is 1.61. The van der Waals surface area contributed by atoms with Crippen LogP contribution < -0.4 is 5.32 Å². The number of aryl methyl sites for hydroxylation is 1. The lowest BCUT2D eigenvalue weighted by Gasteiger charge is -2.13. The van der Waals surface area contributed by atoms with Crippen molar-refractivity contribution >= 4 is 15.5 Å². The summed E-state index contributed by atoms with van der Waals surface area (Å²) in [5.41, 5.74) is 2.20. The third-order valence-corrected chi connectivity index (χ3v) is 3.96. The van der Waals surface area contributed by atoms with Gasteiger partial charge in [-0.05, 0) is 24.6 Å². The van der Waals surface area contributed by atoms with Crippen LogP contribution in [0.15, 0.2) is 29.7 Å². The van der Waals surface area contributed by atoms with Gasteiger partial charge in [0.05, 0.1) is 23.0 Å². The van der Waals surface area contributed by atoms with Crippen LogP contribution in [0.25, 0.3) is 0 Å². The molecule has 0 bridgehead atoms. The average Bonchev–Trinajstić information content (AvgIpc) is 2.61. The lowest BCUT2D eigenvalue weighted by atomic mass is 10.1. The summed E-state index contributed by atoms with van der Waals surface area (Å²) in [7, 11) is -3.07. The number of nitrogens with zero attached hydrogens (tertiary/aromatic N) is 1. The van der Waals surface area contributed by atoms with Gasteiger partial charge in [0.1, 0.15) is 6.07 Å². The molecule has 0 spiro atoms. The molecule has 0 saturated heterocycles. The van der Waals surface area contributed by atoms with Crippen molar-refractivity contribution in [2.45, 2.75) is 13.0 Å². The molecule has 0 fully saturated rings. The first-order valence-corrected chi connectivity index (χ1v) is 6.90. The van der Waals surface area contributed by atoms with Gasteiger partial charge >= 0.3 is 0 Å². The third kappa shape index (κ3) is 2.66. The highest BCUT2D eigenvalue weighted by atomic mass is 32.2. The van der Waals surface area contributed by atoms with Gasteiger partial charge in [0.2, 0.25) is 0 Å². The Kier molecular flexibility index (Phi) is 2.90. The first-order valence-electron chi connectivity index (χ1n) is 5.18. The summed E-state index contributed by atoms with van der Waals surface area (Å²) in [6, 6.07) is 7.30. The number of rotatable bonds is 2. The van der Waals surface area contributed by atoms with Gasteiger partial charge in [-0.15, -0.1) is 0 Å². The molecule has 4 nitrogen and oxygen atoms in total. The molecular formula is C12H12N2O2S. The number of hydrogen-bond acceptors (Lipinski definition) is 4. The first kappa shape index (κ1) is 11.7. The van der Waals surface area contributed by atoms with Gasteiger partial charge in [0.15, 0.2) is 9.84 Å². The van der Waals surface area contributed by atoms with E-state index in [1.54, 1.807) is 18.2 Å². The molecule has 1 unspecified atom stereocenters. The Morgan fingerprint density at radius 2 is 2.24 bits per heavy atom. The SMILES string of the molecule is Cc1ccc(NC2C=CS(=O)(=O)C2)c(C#N)c1. The van der Waals surface area contributed by atoms with E-state index in [2.05, 4.69) is 11.4 Å². The van der Waals surface area contributed by atoms with Crippen molar-refractivity contribution in [2.24, 2.45) is 0 Å². The predicted molar refractivity (Wildman–Crippen MR) is 66.2 cm³/mol. The van der Waals surface area contributed by atoms with Crippen molar-refractivity contribution in [1.29, 1.82) is 5.26 Å². The largest absolute Gasteiger partial charge is 0.377 e. The Morgan fingerprint density at radius 1 is 1.47 bits per heavy atom. The molecule has 0 aromatic heterocycles. The topological polar surface area (TPSA) is 70.0 Å². The molecular weight excluding hydrogens is 236 g/mol. The van der Waals surface area contributed by atoms with Crippen LogP contribution in [0.5, 0.6) is 0 Å². The quantitative estimate of drug-likeness (QED) is 0.862. The molecule has 0 aliphatic carbocycles. The molecule has 1 aromatic carbocycles. The highest BCUT2D eigenvalue weighted by Crippen LogP contribution is 2.20. The lowest BCUT2D eigenvalue weighted by molar-refractivity contribution is 0.605. The van der Waals surface area contributed by atoms with Crippen LogP contribution in [0.2, 0.25) is 0 Å². The molecule has 88 valence electrons. The van der Waals surface area contributed by atoms with Gasteiger partial charge < -0.3 is 5.32 Å². The van der Waals surface area contributed by atoms with Gasteiger partial charge in [-0.1, -0.05) is 12.1 Å². The van der Waals surface area contributed by atoms with Crippen molar-refractivity contribution in [2.75, 3.05) is 11.1 Å². The second-order valence-corrected chi connectivity index (χ2v) is 6.00. The molecule has 2 rings (SSSR count). The number of hydrogen-bond donors (Lipinski definition) is 1. The highest BCUT2D eigenvalue weighted by Gasteiger charge is 2.21. The Morgan fingerprint density at radius 3 is 2.82 bits per heavy atom. The maximum Gasteiger partial charge on any atom is 0.173 e. The molecule has 5 heteroatoms. The van der Waals surface area contributed by atoms with E-state index in [4.69, 9.17) is 5.26 Å². The number of nitrogens with one attached hydrogen (secondary N) is 1. The average molecular weight is 248 g/mol. The zero-order valence-corrected chi connectivity index (χ0v) is 10.2. The summed E-state index contributed by atoms with van der Waals surface area (Å²) in [4.78, 5) is 0. The minimum atomic E-state index is -3.07. The van der Waals surface area contributed by atoms with E-state index in [-0.39, 0.29) is 11.8 Å². The normalized spacial score (nSPS) is 21.1. The Balaban J connectivity index is 2.21. The molecule has 1 atom stereocenters. The van der Waals surface area contributed by atoms with Crippen molar-refractivity contribution in [1.82, 2.24) is 0 Å². The van der Waals surface area contributed by atoms with E-state index in [9.17, 15) is 8.42 Å². The van der Waals surface area contributed by atoms with Crippen molar-refractivity contribution in [3.8, 4) is 6.07 Å². The number of benzene rings is 1. The van der Waals surface area contributed by atoms with Gasteiger partial charge in [0, 0.05) is 5.41 Å². The molecule has 1 N–H and O–H groups in total. The van der Waals surface area contributed by atoms with E-state index in [1.807, 2.05) is 13.0 Å². The standard InChI is InChI=1S/C12H12N2O2S/c1-9-2-3-12(10(6-9)7-13)14-11-4-5-17(15,16)8-11/h2-6,11,14H,8H2,1H3. The zero-order chi connectivity index (χ0) is 12.5. The van der Waals surface area contributed by atoms with Crippen molar-refractivity contribution in [3.63, 3.8) is 0 Å². The maximum atomic E-state index is 11.2. The van der Waals surface area contributed by atoms with Crippen LogP contribution in [0.4, 0.5) is 5.69 Å². The van der Waals surface area contributed by atoms with Gasteiger partial charge in [0.25, 0.3) is 0 Å². The van der Waals surface area contributed by atoms with Crippen LogP contribution in [-0.2, 0) is 9.84 Å². The molecule has 0 saturated carbocycles. The first-order chi connectivity index (χ1) is 8.00. The fourth-order valence-corrected chi connectivity index (χ4v) is 2.98. The lowest BCUT2D eigenvalue weighted by Crippen LogP contribution is -2.21. The monoisotopic (exact) mass is 248 g/mol. The van der Waals surface area contributed by atoms with Gasteiger partial charge in [-0.3, -0.25) is 0 Å². The van der Waals surface area contributed by atoms with E-state index >= 15 is 0 Å². The molecule has 0 radical (unpaired) electrons. The fraction of sp³-hybridized carbons (Fsp3) is 0.250. The highest BCUT2D eigenvalue weighted by molar-refractivity contribution is 7.94. The summed E-state index contributed by atoms with van der Waals surface area (Å²) in [6.45, 7) is 1.91. The van der Waals surface area contributed by atoms with Crippen LogP contribution in [0, 0.1) is 18.3 Å². The van der Waals surface area contributed by atoms with Crippen LogP contribution >= 0.6 is 0 Å². The predicted octanol–water partition coefficient (Wildman–Crippen LogP) is 1.59. The molecule has 17 heavy (non-hydrogen) atoms. The van der Waals surface area contributed by atoms with E-state index < -0.39 is 9.84 Å². The van der Waals surface area contributed by atoms with Crippen LogP contribution in [-0.4, -0.2) is 20.2 Å². The summed E-state index contributed by atoms with van der Waals surface area (Å²) < 4.78 is 22.5. The molecule has 1 aromatic rings. The molecule has 1 aliphatic rings. The summed E-state index contributed by atoms with van der Waals surface area (Å²) >= 11 is 0. The molecule has 1 aliphatic heterocycles. The van der Waals surface area contributed by atoms with Gasteiger partial charge in [-0.25, -0.2) is 8.42 Å². The minimum absolute atomic E-state index is 0.0474. The summed E-state index contributed by atoms with van der Waals surface area (Å²) in [5, 5.41) is 13.3. The molecule has 1 heterocycles. The van der Waals surface area contributed by atoms with Gasteiger partial charge in [-0.2, -0.15) is 5.26 Å². The second-order valence-electron chi connectivity index (χ2n) is 4.07.